The molecule has 1 aromatic rings. The maximum Gasteiger partial charge on any atom is 0.234 e. The number of rotatable bonds is 4. The molecule has 1 aliphatic carbocycles. The van der Waals surface area contributed by atoms with Crippen LogP contribution in [0.1, 0.15) is 43.5 Å². The number of nitrogens with one attached hydrogen (secondary N) is 2. The Morgan fingerprint density at radius 1 is 1.39 bits per heavy atom. The van der Waals surface area contributed by atoms with Gasteiger partial charge in [-0.25, -0.2) is 0 Å². The topological polar surface area (TPSA) is 67.2 Å². The molecule has 2 rings (SSSR count). The molecule has 0 saturated heterocycles. The zero-order valence-corrected chi connectivity index (χ0v) is 10.9. The number of carbonyl (C=O) groups excluding carboxylic acids is 1. The standard InChI is InChI=1S/C14H21N3O/c1-9(2)17-14(18)8-16-13-7-12(15)10-5-3-4-6-11(10)13/h3-6,9,12-13,16H,7-8,15H2,1-2H3,(H,17,18). The van der Waals surface area contributed by atoms with E-state index in [1.54, 1.807) is 0 Å². The molecule has 0 spiro atoms. The lowest BCUT2D eigenvalue weighted by molar-refractivity contribution is -0.120. The third-order valence-corrected chi connectivity index (χ3v) is 3.22. The summed E-state index contributed by atoms with van der Waals surface area (Å²) in [6, 6.07) is 8.61. The normalized spacial score (nSPS) is 22.0. The zero-order chi connectivity index (χ0) is 13.1. The fourth-order valence-corrected chi connectivity index (χ4v) is 2.46. The van der Waals surface area contributed by atoms with Crippen LogP contribution in [-0.4, -0.2) is 18.5 Å². The van der Waals surface area contributed by atoms with E-state index in [1.807, 2.05) is 26.0 Å². The van der Waals surface area contributed by atoms with Gasteiger partial charge < -0.3 is 16.4 Å². The lowest BCUT2D eigenvalue weighted by atomic mass is 10.1. The van der Waals surface area contributed by atoms with Gasteiger partial charge in [-0.15, -0.1) is 0 Å². The Kier molecular flexibility index (Phi) is 3.99. The van der Waals surface area contributed by atoms with Gasteiger partial charge in [0.15, 0.2) is 0 Å². The maximum absolute atomic E-state index is 11.6. The van der Waals surface area contributed by atoms with Gasteiger partial charge in [0.25, 0.3) is 0 Å². The van der Waals surface area contributed by atoms with Crippen molar-refractivity contribution in [3.63, 3.8) is 0 Å². The first-order valence-corrected chi connectivity index (χ1v) is 6.45. The average molecular weight is 247 g/mol. The van der Waals surface area contributed by atoms with Crippen molar-refractivity contribution in [3.8, 4) is 0 Å². The van der Waals surface area contributed by atoms with E-state index in [9.17, 15) is 4.79 Å². The van der Waals surface area contributed by atoms with Crippen LogP contribution in [0.4, 0.5) is 0 Å². The molecule has 98 valence electrons. The van der Waals surface area contributed by atoms with E-state index in [4.69, 9.17) is 5.73 Å². The first kappa shape index (κ1) is 13.1. The molecular formula is C14H21N3O. The third kappa shape index (κ3) is 2.89. The van der Waals surface area contributed by atoms with Crippen molar-refractivity contribution < 1.29 is 4.79 Å². The summed E-state index contributed by atoms with van der Waals surface area (Å²) in [5.41, 5.74) is 8.50. The van der Waals surface area contributed by atoms with Crippen LogP contribution in [0.15, 0.2) is 24.3 Å². The van der Waals surface area contributed by atoms with Gasteiger partial charge in [-0.1, -0.05) is 24.3 Å². The molecule has 1 aromatic carbocycles. The molecule has 1 aliphatic rings. The molecule has 0 heterocycles. The maximum atomic E-state index is 11.6. The molecule has 0 radical (unpaired) electrons. The molecule has 1 amide bonds. The van der Waals surface area contributed by atoms with Crippen molar-refractivity contribution in [1.29, 1.82) is 0 Å². The number of carbonyl (C=O) groups is 1. The predicted molar refractivity (Wildman–Crippen MR) is 72.0 cm³/mol. The molecular weight excluding hydrogens is 226 g/mol. The van der Waals surface area contributed by atoms with E-state index in [1.165, 1.54) is 11.1 Å². The molecule has 4 nitrogen and oxygen atoms in total. The van der Waals surface area contributed by atoms with Crippen LogP contribution in [0.2, 0.25) is 0 Å². The number of hydrogen-bond acceptors (Lipinski definition) is 3. The Morgan fingerprint density at radius 3 is 2.72 bits per heavy atom. The number of amides is 1. The van der Waals surface area contributed by atoms with E-state index >= 15 is 0 Å². The van der Waals surface area contributed by atoms with Gasteiger partial charge in [0.1, 0.15) is 0 Å². The van der Waals surface area contributed by atoms with Crippen LogP contribution in [-0.2, 0) is 4.79 Å². The quantitative estimate of drug-likeness (QED) is 0.750. The Bertz CT molecular complexity index is 431. The summed E-state index contributed by atoms with van der Waals surface area (Å²) in [7, 11) is 0. The van der Waals surface area contributed by atoms with E-state index in [0.717, 1.165) is 6.42 Å². The molecule has 0 aromatic heterocycles. The monoisotopic (exact) mass is 247 g/mol. The zero-order valence-electron chi connectivity index (χ0n) is 10.9. The van der Waals surface area contributed by atoms with Gasteiger partial charge in [0.2, 0.25) is 5.91 Å². The molecule has 0 fully saturated rings. The van der Waals surface area contributed by atoms with E-state index < -0.39 is 0 Å². The Hall–Kier alpha value is -1.39. The number of fused-ring (bicyclic) bond motifs is 1. The van der Waals surface area contributed by atoms with Crippen molar-refractivity contribution in [2.24, 2.45) is 5.73 Å². The number of hydrogen-bond donors (Lipinski definition) is 3. The Labute approximate surface area is 108 Å². The second-order valence-electron chi connectivity index (χ2n) is 5.13. The SMILES string of the molecule is CC(C)NC(=O)CNC1CC(N)c2ccccc21. The van der Waals surface area contributed by atoms with Gasteiger partial charge >= 0.3 is 0 Å². The highest BCUT2D eigenvalue weighted by atomic mass is 16.1. The third-order valence-electron chi connectivity index (χ3n) is 3.22. The van der Waals surface area contributed by atoms with Crippen molar-refractivity contribution in [2.75, 3.05) is 6.54 Å². The van der Waals surface area contributed by atoms with Crippen LogP contribution in [0, 0.1) is 0 Å². The minimum Gasteiger partial charge on any atom is -0.353 e. The first-order valence-electron chi connectivity index (χ1n) is 6.45. The summed E-state index contributed by atoms with van der Waals surface area (Å²) < 4.78 is 0. The van der Waals surface area contributed by atoms with Crippen LogP contribution in [0.5, 0.6) is 0 Å². The van der Waals surface area contributed by atoms with Crippen LogP contribution in [0.25, 0.3) is 0 Å². The van der Waals surface area contributed by atoms with Crippen molar-refractivity contribution in [2.45, 2.75) is 38.4 Å². The summed E-state index contributed by atoms with van der Waals surface area (Å²) >= 11 is 0. The highest BCUT2D eigenvalue weighted by Crippen LogP contribution is 2.36. The average Bonchev–Trinajstić information content (AvgIpc) is 2.64. The fraction of sp³-hybridized carbons (Fsp3) is 0.500. The molecule has 4 heteroatoms. The molecule has 0 bridgehead atoms. The van der Waals surface area contributed by atoms with Crippen LogP contribution >= 0.6 is 0 Å². The second-order valence-corrected chi connectivity index (χ2v) is 5.13. The van der Waals surface area contributed by atoms with Gasteiger partial charge in [0.05, 0.1) is 6.54 Å². The highest BCUT2D eigenvalue weighted by molar-refractivity contribution is 5.78. The largest absolute Gasteiger partial charge is 0.353 e. The number of nitrogens with two attached hydrogens (primary N) is 1. The predicted octanol–water partition coefficient (Wildman–Crippen LogP) is 1.25. The summed E-state index contributed by atoms with van der Waals surface area (Å²) in [6.45, 7) is 4.25. The van der Waals surface area contributed by atoms with Gasteiger partial charge in [-0.3, -0.25) is 4.79 Å². The van der Waals surface area contributed by atoms with Gasteiger partial charge in [0, 0.05) is 18.1 Å². The lowest BCUT2D eigenvalue weighted by Crippen LogP contribution is -2.38. The van der Waals surface area contributed by atoms with E-state index in [2.05, 4.69) is 22.8 Å². The summed E-state index contributed by atoms with van der Waals surface area (Å²) in [5.74, 6) is 0.0305. The molecule has 18 heavy (non-hydrogen) atoms. The van der Waals surface area contributed by atoms with Gasteiger partial charge in [-0.2, -0.15) is 0 Å². The molecule has 2 unspecified atom stereocenters. The molecule has 4 N–H and O–H groups in total. The van der Waals surface area contributed by atoms with E-state index in [-0.39, 0.29) is 24.0 Å². The Morgan fingerprint density at radius 2 is 2.06 bits per heavy atom. The summed E-state index contributed by atoms with van der Waals surface area (Å²) in [4.78, 5) is 11.6. The van der Waals surface area contributed by atoms with Crippen molar-refractivity contribution >= 4 is 5.91 Å². The molecule has 0 aliphatic heterocycles. The van der Waals surface area contributed by atoms with Crippen LogP contribution in [0.3, 0.4) is 0 Å². The van der Waals surface area contributed by atoms with Crippen LogP contribution < -0.4 is 16.4 Å². The van der Waals surface area contributed by atoms with Crippen molar-refractivity contribution in [3.05, 3.63) is 35.4 Å². The smallest absolute Gasteiger partial charge is 0.234 e. The van der Waals surface area contributed by atoms with E-state index in [0.29, 0.717) is 6.54 Å². The molecule has 2 atom stereocenters. The minimum absolute atomic E-state index is 0.0305. The number of benzene rings is 1. The lowest BCUT2D eigenvalue weighted by Gasteiger charge is -2.15. The summed E-state index contributed by atoms with van der Waals surface area (Å²) in [6.07, 6.45) is 0.855. The fourth-order valence-electron chi connectivity index (χ4n) is 2.46. The summed E-state index contributed by atoms with van der Waals surface area (Å²) in [5, 5.41) is 6.15. The minimum atomic E-state index is 0.0305. The second kappa shape index (κ2) is 5.50. The molecule has 0 saturated carbocycles. The Balaban J connectivity index is 1.94. The van der Waals surface area contributed by atoms with Gasteiger partial charge in [-0.05, 0) is 31.4 Å². The highest BCUT2D eigenvalue weighted by Gasteiger charge is 2.27. The first-order chi connectivity index (χ1) is 8.58. The van der Waals surface area contributed by atoms with Crippen molar-refractivity contribution in [1.82, 2.24) is 10.6 Å².